The molecule has 5 heteroatoms. The van der Waals surface area contributed by atoms with Gasteiger partial charge < -0.3 is 9.30 Å². The van der Waals surface area contributed by atoms with Gasteiger partial charge in [-0.1, -0.05) is 19.9 Å². The lowest BCUT2D eigenvalue weighted by Gasteiger charge is -2.21. The molecule has 0 saturated carbocycles. The second kappa shape index (κ2) is 6.48. The van der Waals surface area contributed by atoms with E-state index in [0.717, 1.165) is 16.6 Å². The number of halogens is 1. The monoisotopic (exact) mass is 308 g/mol. The van der Waals surface area contributed by atoms with Gasteiger partial charge >= 0.3 is 5.97 Å². The van der Waals surface area contributed by atoms with Gasteiger partial charge in [0.2, 0.25) is 0 Å². The summed E-state index contributed by atoms with van der Waals surface area (Å²) in [6.45, 7) is 6.19. The quantitative estimate of drug-likeness (QED) is 0.622. The van der Waals surface area contributed by atoms with Crippen LogP contribution < -0.4 is 0 Å². The summed E-state index contributed by atoms with van der Waals surface area (Å²) in [4.78, 5) is 16.8. The van der Waals surface area contributed by atoms with E-state index in [0.29, 0.717) is 18.2 Å². The maximum absolute atomic E-state index is 12.2. The van der Waals surface area contributed by atoms with E-state index in [2.05, 4.69) is 18.8 Å². The fraction of sp³-hybridized carbons (Fsp3) is 0.500. The fourth-order valence-corrected chi connectivity index (χ4v) is 2.77. The van der Waals surface area contributed by atoms with Gasteiger partial charge in [0.1, 0.15) is 11.9 Å². The minimum atomic E-state index is -0.393. The third kappa shape index (κ3) is 3.21. The summed E-state index contributed by atoms with van der Waals surface area (Å²) >= 11 is 6.04. The zero-order valence-electron chi connectivity index (χ0n) is 12.9. The molecule has 0 radical (unpaired) electrons. The molecule has 1 unspecified atom stereocenters. The second-order valence-corrected chi connectivity index (χ2v) is 5.96. The highest BCUT2D eigenvalue weighted by Gasteiger charge is 2.26. The number of hydrogen-bond acceptors (Lipinski definition) is 3. The topological polar surface area (TPSA) is 44.1 Å². The number of carbonyl (C=O) groups excluding carboxylic acids is 1. The van der Waals surface area contributed by atoms with Crippen molar-refractivity contribution in [2.24, 2.45) is 5.92 Å². The number of alkyl halides is 1. The van der Waals surface area contributed by atoms with E-state index in [-0.39, 0.29) is 11.8 Å². The summed E-state index contributed by atoms with van der Waals surface area (Å²) in [5, 5.41) is 0. The minimum Gasteiger partial charge on any atom is -0.467 e. The average molecular weight is 309 g/mol. The first-order valence-corrected chi connectivity index (χ1v) is 7.62. The first-order valence-electron chi connectivity index (χ1n) is 7.09. The van der Waals surface area contributed by atoms with Gasteiger partial charge in [0.25, 0.3) is 0 Å². The van der Waals surface area contributed by atoms with E-state index in [4.69, 9.17) is 16.3 Å². The van der Waals surface area contributed by atoms with Gasteiger partial charge in [-0.05, 0) is 37.0 Å². The van der Waals surface area contributed by atoms with Crippen molar-refractivity contribution >= 4 is 28.6 Å². The van der Waals surface area contributed by atoms with E-state index in [9.17, 15) is 4.79 Å². The molecule has 0 aliphatic rings. The molecule has 0 amide bonds. The van der Waals surface area contributed by atoms with Crippen molar-refractivity contribution in [3.05, 3.63) is 29.6 Å². The lowest BCUT2D eigenvalue weighted by Crippen LogP contribution is -2.24. The van der Waals surface area contributed by atoms with Crippen LogP contribution in [0.15, 0.2) is 18.2 Å². The smallest absolute Gasteiger partial charge is 0.328 e. The molecule has 1 atom stereocenters. The number of hydrogen-bond donors (Lipinski definition) is 0. The van der Waals surface area contributed by atoms with Crippen molar-refractivity contribution in [1.29, 1.82) is 0 Å². The molecular formula is C16H21ClN2O2. The molecule has 21 heavy (non-hydrogen) atoms. The number of imidazole rings is 1. The molecular weight excluding hydrogens is 288 g/mol. The Labute approximate surface area is 130 Å². The summed E-state index contributed by atoms with van der Waals surface area (Å²) in [6.07, 6.45) is 0.690. The Kier molecular flexibility index (Phi) is 4.88. The fourth-order valence-electron chi connectivity index (χ4n) is 2.58. The van der Waals surface area contributed by atoms with Crippen LogP contribution in [0.3, 0.4) is 0 Å². The molecule has 1 aromatic carbocycles. The molecule has 0 saturated heterocycles. The second-order valence-electron chi connectivity index (χ2n) is 5.69. The van der Waals surface area contributed by atoms with Crippen LogP contribution in [0.25, 0.3) is 11.0 Å². The number of nitrogens with zero attached hydrogens (tertiary/aromatic N) is 2. The van der Waals surface area contributed by atoms with Crippen LogP contribution in [-0.2, 0) is 15.4 Å². The lowest BCUT2D eigenvalue weighted by atomic mass is 10.0. The number of methoxy groups -OCH3 is 1. The molecule has 4 nitrogen and oxygen atoms in total. The summed E-state index contributed by atoms with van der Waals surface area (Å²) in [6, 6.07) is 5.61. The highest BCUT2D eigenvalue weighted by molar-refractivity contribution is 6.16. The Balaban J connectivity index is 2.64. The van der Waals surface area contributed by atoms with Gasteiger partial charge in [-0.3, -0.25) is 0 Å². The van der Waals surface area contributed by atoms with Crippen LogP contribution in [0.1, 0.15) is 37.7 Å². The largest absolute Gasteiger partial charge is 0.467 e. The molecule has 0 bridgehead atoms. The van der Waals surface area contributed by atoms with Crippen molar-refractivity contribution in [2.45, 2.75) is 39.1 Å². The van der Waals surface area contributed by atoms with Gasteiger partial charge in [-0.25, -0.2) is 9.78 Å². The standard InChI is InChI=1S/C16H21ClN2O2/c1-10(2)7-14(16(20)21-4)19-13-8-11(3)5-6-12(13)18-15(19)9-17/h5-6,8,10,14H,7,9H2,1-4H3. The van der Waals surface area contributed by atoms with E-state index < -0.39 is 6.04 Å². The van der Waals surface area contributed by atoms with Gasteiger partial charge in [0.15, 0.2) is 0 Å². The predicted molar refractivity (Wildman–Crippen MR) is 84.5 cm³/mol. The van der Waals surface area contributed by atoms with Crippen LogP contribution in [0.2, 0.25) is 0 Å². The van der Waals surface area contributed by atoms with Gasteiger partial charge in [-0.15, -0.1) is 11.6 Å². The number of carbonyl (C=O) groups is 1. The van der Waals surface area contributed by atoms with E-state index in [1.165, 1.54) is 7.11 Å². The number of aromatic nitrogens is 2. The van der Waals surface area contributed by atoms with E-state index >= 15 is 0 Å². The van der Waals surface area contributed by atoms with Crippen LogP contribution in [0, 0.1) is 12.8 Å². The SMILES string of the molecule is COC(=O)C(CC(C)C)n1c(CCl)nc2ccc(C)cc21. The number of rotatable bonds is 5. The number of fused-ring (bicyclic) bond motifs is 1. The van der Waals surface area contributed by atoms with E-state index in [1.54, 1.807) is 0 Å². The van der Waals surface area contributed by atoms with Crippen molar-refractivity contribution in [1.82, 2.24) is 9.55 Å². The van der Waals surface area contributed by atoms with Gasteiger partial charge in [0, 0.05) is 0 Å². The van der Waals surface area contributed by atoms with Crippen molar-refractivity contribution in [2.75, 3.05) is 7.11 Å². The highest BCUT2D eigenvalue weighted by Crippen LogP contribution is 2.28. The number of ether oxygens (including phenoxy) is 1. The Morgan fingerprint density at radius 2 is 2.14 bits per heavy atom. The summed E-state index contributed by atoms with van der Waals surface area (Å²) in [5.41, 5.74) is 2.91. The molecule has 2 rings (SSSR count). The van der Waals surface area contributed by atoms with Crippen LogP contribution in [0.4, 0.5) is 0 Å². The average Bonchev–Trinajstić information content (AvgIpc) is 2.81. The molecule has 0 spiro atoms. The van der Waals surface area contributed by atoms with Crippen LogP contribution in [-0.4, -0.2) is 22.6 Å². The molecule has 1 aromatic heterocycles. The van der Waals surface area contributed by atoms with Gasteiger partial charge in [0.05, 0.1) is 24.0 Å². The maximum Gasteiger partial charge on any atom is 0.328 e. The molecule has 114 valence electrons. The summed E-state index contributed by atoms with van der Waals surface area (Å²) in [7, 11) is 1.42. The molecule has 2 aromatic rings. The van der Waals surface area contributed by atoms with Crippen molar-refractivity contribution < 1.29 is 9.53 Å². The first kappa shape index (κ1) is 15.8. The Bertz CT molecular complexity index is 649. The minimum absolute atomic E-state index is 0.254. The Morgan fingerprint density at radius 1 is 1.43 bits per heavy atom. The van der Waals surface area contributed by atoms with Gasteiger partial charge in [-0.2, -0.15) is 0 Å². The summed E-state index contributed by atoms with van der Waals surface area (Å²) in [5.74, 6) is 1.07. The molecule has 0 aliphatic heterocycles. The first-order chi connectivity index (χ1) is 9.97. The number of esters is 1. The van der Waals surface area contributed by atoms with Crippen LogP contribution >= 0.6 is 11.6 Å². The number of aryl methyl sites for hydroxylation is 1. The zero-order chi connectivity index (χ0) is 15.6. The Hall–Kier alpha value is -1.55. The van der Waals surface area contributed by atoms with E-state index in [1.807, 2.05) is 29.7 Å². The molecule has 1 heterocycles. The van der Waals surface area contributed by atoms with Crippen LogP contribution in [0.5, 0.6) is 0 Å². The highest BCUT2D eigenvalue weighted by atomic mass is 35.5. The van der Waals surface area contributed by atoms with Crippen molar-refractivity contribution in [3.8, 4) is 0 Å². The predicted octanol–water partition coefficient (Wildman–Crippen LogP) is 3.84. The molecule has 0 fully saturated rings. The normalized spacial score (nSPS) is 12.9. The third-order valence-corrected chi connectivity index (χ3v) is 3.76. The maximum atomic E-state index is 12.2. The van der Waals surface area contributed by atoms with Crippen molar-refractivity contribution in [3.63, 3.8) is 0 Å². The Morgan fingerprint density at radius 3 is 2.71 bits per heavy atom. The number of benzene rings is 1. The molecule has 0 aliphatic carbocycles. The molecule has 0 N–H and O–H groups in total. The zero-order valence-corrected chi connectivity index (χ0v) is 13.6. The lowest BCUT2D eigenvalue weighted by molar-refractivity contribution is -0.145. The summed E-state index contributed by atoms with van der Waals surface area (Å²) < 4.78 is 6.92. The third-order valence-electron chi connectivity index (χ3n) is 3.52.